The molecule has 1 aliphatic rings. The Hall–Kier alpha value is -3.35. The van der Waals surface area contributed by atoms with Gasteiger partial charge in [-0.05, 0) is 50.1 Å². The number of hydrogen-bond donors (Lipinski definition) is 3. The Morgan fingerprint density at radius 1 is 1.23 bits per heavy atom. The molecule has 0 aliphatic carbocycles. The average molecular weight is 406 g/mol. The van der Waals surface area contributed by atoms with Crippen LogP contribution >= 0.6 is 0 Å². The van der Waals surface area contributed by atoms with Crippen LogP contribution in [0.25, 0.3) is 11.0 Å². The summed E-state index contributed by atoms with van der Waals surface area (Å²) in [6.45, 7) is 6.71. The fraction of sp³-hybridized carbons (Fsp3) is 0.348. The van der Waals surface area contributed by atoms with Crippen LogP contribution in [0.15, 0.2) is 36.4 Å². The Bertz CT molecular complexity index is 1130. The Kier molecular flexibility index (Phi) is 4.97. The first kappa shape index (κ1) is 19.9. The first-order valence-corrected chi connectivity index (χ1v) is 10.3. The van der Waals surface area contributed by atoms with E-state index in [-0.39, 0.29) is 17.2 Å². The fourth-order valence-electron chi connectivity index (χ4n) is 3.97. The number of nitrogens with zero attached hydrogens (tertiary/aromatic N) is 2. The molecule has 2 heterocycles. The van der Waals surface area contributed by atoms with Gasteiger partial charge in [-0.25, -0.2) is 4.98 Å². The van der Waals surface area contributed by atoms with E-state index in [1.54, 1.807) is 18.2 Å². The van der Waals surface area contributed by atoms with Crippen molar-refractivity contribution in [2.24, 2.45) is 0 Å². The zero-order valence-corrected chi connectivity index (χ0v) is 17.5. The Morgan fingerprint density at radius 2 is 2.00 bits per heavy atom. The summed E-state index contributed by atoms with van der Waals surface area (Å²) in [7, 11) is 0. The zero-order chi connectivity index (χ0) is 21.5. The number of carbonyl (C=O) groups excluding carboxylic acids is 2. The van der Waals surface area contributed by atoms with Crippen LogP contribution in [0, 0.1) is 0 Å². The van der Waals surface area contributed by atoms with E-state index in [1.165, 1.54) is 6.07 Å². The number of carbonyl (C=O) groups is 2. The number of hydrogen-bond acceptors (Lipinski definition) is 4. The highest BCUT2D eigenvalue weighted by molar-refractivity contribution is 6.10. The van der Waals surface area contributed by atoms with E-state index in [0.717, 1.165) is 36.0 Å². The van der Waals surface area contributed by atoms with Crippen molar-refractivity contribution in [2.75, 3.05) is 16.8 Å². The van der Waals surface area contributed by atoms with Crippen molar-refractivity contribution in [1.82, 2.24) is 9.97 Å². The van der Waals surface area contributed by atoms with Gasteiger partial charge >= 0.3 is 0 Å². The average Bonchev–Trinajstić information content (AvgIpc) is 3.18. The Labute approximate surface area is 175 Å². The van der Waals surface area contributed by atoms with Crippen LogP contribution < -0.4 is 10.2 Å². The van der Waals surface area contributed by atoms with Gasteiger partial charge < -0.3 is 15.0 Å². The molecule has 0 saturated carbocycles. The van der Waals surface area contributed by atoms with Crippen LogP contribution in [-0.4, -0.2) is 33.4 Å². The SMILES string of the molecule is CCCCCN1C(=O)C(C)(C)c2cc3[nH]c(NC(=O)c4ccccc4O)nc3cc21. The first-order chi connectivity index (χ1) is 14.3. The number of phenolic OH excluding ortho intramolecular Hbond substituents is 1. The fourth-order valence-corrected chi connectivity index (χ4v) is 3.97. The van der Waals surface area contributed by atoms with Gasteiger partial charge in [0.1, 0.15) is 5.75 Å². The van der Waals surface area contributed by atoms with E-state index < -0.39 is 11.3 Å². The van der Waals surface area contributed by atoms with Crippen LogP contribution in [0.4, 0.5) is 11.6 Å². The Balaban J connectivity index is 1.66. The van der Waals surface area contributed by atoms with Crippen LogP contribution in [0.2, 0.25) is 0 Å². The van der Waals surface area contributed by atoms with E-state index in [4.69, 9.17) is 0 Å². The first-order valence-electron chi connectivity index (χ1n) is 10.3. The molecule has 156 valence electrons. The molecule has 0 unspecified atom stereocenters. The lowest BCUT2D eigenvalue weighted by atomic mass is 9.86. The predicted octanol–water partition coefficient (Wildman–Crippen LogP) is 4.34. The number of phenols is 1. The van der Waals surface area contributed by atoms with Crippen molar-refractivity contribution in [2.45, 2.75) is 45.4 Å². The molecule has 0 saturated heterocycles. The molecule has 0 atom stereocenters. The molecule has 7 nitrogen and oxygen atoms in total. The molecule has 3 N–H and O–H groups in total. The van der Waals surface area contributed by atoms with Crippen LogP contribution in [0.3, 0.4) is 0 Å². The monoisotopic (exact) mass is 406 g/mol. The second kappa shape index (κ2) is 7.48. The zero-order valence-electron chi connectivity index (χ0n) is 17.5. The van der Waals surface area contributed by atoms with E-state index in [9.17, 15) is 14.7 Å². The van der Waals surface area contributed by atoms with Crippen molar-refractivity contribution in [1.29, 1.82) is 0 Å². The predicted molar refractivity (Wildman–Crippen MR) is 117 cm³/mol. The maximum Gasteiger partial charge on any atom is 0.261 e. The van der Waals surface area contributed by atoms with Gasteiger partial charge in [0.05, 0.1) is 27.7 Å². The van der Waals surface area contributed by atoms with Gasteiger partial charge in [-0.1, -0.05) is 31.9 Å². The van der Waals surface area contributed by atoms with Crippen LogP contribution in [-0.2, 0) is 10.2 Å². The number of anilines is 2. The van der Waals surface area contributed by atoms with Gasteiger partial charge in [-0.15, -0.1) is 0 Å². The summed E-state index contributed by atoms with van der Waals surface area (Å²) in [6, 6.07) is 10.2. The third-order valence-electron chi connectivity index (χ3n) is 5.71. The highest BCUT2D eigenvalue weighted by Crippen LogP contribution is 2.43. The number of H-pyrrole nitrogens is 1. The minimum absolute atomic E-state index is 0.0897. The lowest BCUT2D eigenvalue weighted by Crippen LogP contribution is -2.36. The largest absolute Gasteiger partial charge is 0.507 e. The van der Waals surface area contributed by atoms with Crippen LogP contribution in [0.1, 0.15) is 56.0 Å². The molecule has 4 rings (SSSR count). The number of fused-ring (bicyclic) bond motifs is 2. The molecule has 0 radical (unpaired) electrons. The van der Waals surface area contributed by atoms with Crippen LogP contribution in [0.5, 0.6) is 5.75 Å². The normalized spacial score (nSPS) is 14.9. The number of imidazole rings is 1. The summed E-state index contributed by atoms with van der Waals surface area (Å²) in [5.41, 5.74) is 2.83. The number of para-hydroxylation sites is 1. The van der Waals surface area contributed by atoms with E-state index in [2.05, 4.69) is 22.2 Å². The van der Waals surface area contributed by atoms with E-state index >= 15 is 0 Å². The minimum atomic E-state index is -0.611. The number of aromatic hydroxyl groups is 1. The maximum atomic E-state index is 13.0. The van der Waals surface area contributed by atoms with Gasteiger partial charge in [0.25, 0.3) is 5.91 Å². The quantitative estimate of drug-likeness (QED) is 0.531. The third-order valence-corrected chi connectivity index (χ3v) is 5.71. The summed E-state index contributed by atoms with van der Waals surface area (Å²) in [4.78, 5) is 34.9. The molecule has 0 fully saturated rings. The maximum absolute atomic E-state index is 13.0. The van der Waals surface area contributed by atoms with Crippen molar-refractivity contribution in [3.8, 4) is 5.75 Å². The molecule has 2 aromatic carbocycles. The van der Waals surface area contributed by atoms with Gasteiger partial charge in [0.2, 0.25) is 11.9 Å². The standard InChI is InChI=1S/C23H26N4O3/c1-4-5-8-11-27-18-13-17-16(12-15(18)23(2,3)21(27)30)24-22(25-17)26-20(29)14-9-6-7-10-19(14)28/h6-7,9-10,12-13,28H,4-5,8,11H2,1-3H3,(H2,24,25,26,29). The molecule has 0 spiro atoms. The highest BCUT2D eigenvalue weighted by Gasteiger charge is 2.44. The van der Waals surface area contributed by atoms with Gasteiger partial charge in [0, 0.05) is 6.54 Å². The van der Waals surface area contributed by atoms with Crippen molar-refractivity contribution in [3.05, 3.63) is 47.5 Å². The highest BCUT2D eigenvalue weighted by atomic mass is 16.3. The molecule has 2 amide bonds. The number of aromatic amines is 1. The molecule has 7 heteroatoms. The van der Waals surface area contributed by atoms with Gasteiger partial charge in [-0.2, -0.15) is 0 Å². The molecule has 0 bridgehead atoms. The van der Waals surface area contributed by atoms with Crippen molar-refractivity contribution < 1.29 is 14.7 Å². The van der Waals surface area contributed by atoms with Crippen molar-refractivity contribution in [3.63, 3.8) is 0 Å². The number of amides is 2. The number of rotatable bonds is 6. The Morgan fingerprint density at radius 3 is 2.73 bits per heavy atom. The second-order valence-corrected chi connectivity index (χ2v) is 8.23. The number of benzene rings is 2. The topological polar surface area (TPSA) is 98.3 Å². The molecular formula is C23H26N4O3. The van der Waals surface area contributed by atoms with Crippen molar-refractivity contribution >= 4 is 34.5 Å². The number of nitrogens with one attached hydrogen (secondary N) is 2. The van der Waals surface area contributed by atoms with Gasteiger partial charge in [-0.3, -0.25) is 14.9 Å². The summed E-state index contributed by atoms with van der Waals surface area (Å²) < 4.78 is 0. The summed E-state index contributed by atoms with van der Waals surface area (Å²) in [5, 5.41) is 12.6. The van der Waals surface area contributed by atoms with Gasteiger partial charge in [0.15, 0.2) is 0 Å². The molecule has 1 aliphatic heterocycles. The third kappa shape index (κ3) is 3.30. The summed E-state index contributed by atoms with van der Waals surface area (Å²) >= 11 is 0. The number of unbranched alkanes of at least 4 members (excludes halogenated alkanes) is 2. The summed E-state index contributed by atoms with van der Waals surface area (Å²) in [6.07, 6.45) is 3.13. The molecule has 30 heavy (non-hydrogen) atoms. The lowest BCUT2D eigenvalue weighted by Gasteiger charge is -2.20. The molecule has 1 aromatic heterocycles. The number of aromatic nitrogens is 2. The smallest absolute Gasteiger partial charge is 0.261 e. The molecule has 3 aromatic rings. The lowest BCUT2D eigenvalue weighted by molar-refractivity contribution is -0.122. The minimum Gasteiger partial charge on any atom is -0.507 e. The van der Waals surface area contributed by atoms with E-state index in [0.29, 0.717) is 18.0 Å². The molecular weight excluding hydrogens is 380 g/mol. The summed E-state index contributed by atoms with van der Waals surface area (Å²) in [5.74, 6) is -0.137. The van der Waals surface area contributed by atoms with E-state index in [1.807, 2.05) is 30.9 Å². The second-order valence-electron chi connectivity index (χ2n) is 8.23.